The van der Waals surface area contributed by atoms with E-state index in [4.69, 9.17) is 11.1 Å². The van der Waals surface area contributed by atoms with E-state index in [0.717, 1.165) is 12.2 Å². The number of benzene rings is 1. The van der Waals surface area contributed by atoms with Crippen LogP contribution in [0.1, 0.15) is 31.4 Å². The summed E-state index contributed by atoms with van der Waals surface area (Å²) >= 11 is 1.74. The van der Waals surface area contributed by atoms with Crippen LogP contribution in [0.4, 0.5) is 4.39 Å². The van der Waals surface area contributed by atoms with Crippen molar-refractivity contribution in [3.8, 4) is 0 Å². The zero-order chi connectivity index (χ0) is 12.8. The largest absolute Gasteiger partial charge is 0.384 e. The molecule has 0 spiro atoms. The molecule has 0 bridgehead atoms. The second-order valence-electron chi connectivity index (χ2n) is 4.45. The van der Waals surface area contributed by atoms with Crippen LogP contribution in [0.5, 0.6) is 0 Å². The summed E-state index contributed by atoms with van der Waals surface area (Å²) in [5, 5.41) is 7.22. The molecule has 0 fully saturated rings. The zero-order valence-corrected chi connectivity index (χ0v) is 11.1. The van der Waals surface area contributed by atoms with Gasteiger partial charge in [0.05, 0.1) is 0 Å². The number of hydrogen-bond donors (Lipinski definition) is 2. The smallest absolute Gasteiger partial charge is 0.127 e. The third-order valence-electron chi connectivity index (χ3n) is 2.46. The molecular weight excluding hydrogens is 235 g/mol. The van der Waals surface area contributed by atoms with Crippen LogP contribution in [0.2, 0.25) is 0 Å². The van der Waals surface area contributed by atoms with Gasteiger partial charge >= 0.3 is 0 Å². The first kappa shape index (κ1) is 14.0. The third kappa shape index (κ3) is 4.77. The van der Waals surface area contributed by atoms with Gasteiger partial charge in [0.15, 0.2) is 0 Å². The Balaban J connectivity index is 2.52. The van der Waals surface area contributed by atoms with Crippen molar-refractivity contribution < 1.29 is 4.39 Å². The van der Waals surface area contributed by atoms with Gasteiger partial charge in [-0.25, -0.2) is 4.39 Å². The Bertz CT molecular complexity index is 391. The van der Waals surface area contributed by atoms with Gasteiger partial charge in [-0.2, -0.15) is 11.8 Å². The lowest BCUT2D eigenvalue weighted by Gasteiger charge is -2.06. The molecule has 2 nitrogen and oxygen atoms in total. The molecule has 0 aromatic heterocycles. The van der Waals surface area contributed by atoms with Crippen LogP contribution in [-0.4, -0.2) is 11.6 Å². The molecule has 0 atom stereocenters. The highest BCUT2D eigenvalue weighted by molar-refractivity contribution is 7.98. The Morgan fingerprint density at radius 3 is 2.71 bits per heavy atom. The molecule has 17 heavy (non-hydrogen) atoms. The van der Waals surface area contributed by atoms with Gasteiger partial charge in [-0.3, -0.25) is 5.41 Å². The van der Waals surface area contributed by atoms with E-state index >= 15 is 0 Å². The topological polar surface area (TPSA) is 49.9 Å². The maximum absolute atomic E-state index is 13.6. The normalized spacial score (nSPS) is 10.8. The molecule has 0 aliphatic carbocycles. The van der Waals surface area contributed by atoms with E-state index in [2.05, 4.69) is 13.8 Å². The molecule has 94 valence electrons. The van der Waals surface area contributed by atoms with E-state index in [-0.39, 0.29) is 11.7 Å². The summed E-state index contributed by atoms with van der Waals surface area (Å²) < 4.78 is 13.6. The minimum absolute atomic E-state index is 0.0945. The number of rotatable bonds is 6. The van der Waals surface area contributed by atoms with Gasteiger partial charge < -0.3 is 5.73 Å². The molecule has 1 aromatic carbocycles. The van der Waals surface area contributed by atoms with E-state index in [1.54, 1.807) is 23.9 Å². The second-order valence-corrected chi connectivity index (χ2v) is 5.56. The maximum Gasteiger partial charge on any atom is 0.127 e. The summed E-state index contributed by atoms with van der Waals surface area (Å²) in [7, 11) is 0. The van der Waals surface area contributed by atoms with Crippen LogP contribution >= 0.6 is 11.8 Å². The van der Waals surface area contributed by atoms with Gasteiger partial charge in [-0.05, 0) is 29.7 Å². The molecule has 1 aromatic rings. The molecule has 0 amide bonds. The standard InChI is InChI=1S/C13H19FN2S/c1-9(2)5-6-17-8-11-4-3-10(13(15)16)7-12(11)14/h3-4,7,9H,5-6,8H2,1-2H3,(H3,15,16). The lowest BCUT2D eigenvalue weighted by Crippen LogP contribution is -2.11. The maximum atomic E-state index is 13.6. The third-order valence-corrected chi connectivity index (χ3v) is 3.50. The number of nitrogens with two attached hydrogens (primary N) is 1. The van der Waals surface area contributed by atoms with Crippen LogP contribution in [0, 0.1) is 17.1 Å². The van der Waals surface area contributed by atoms with Crippen LogP contribution < -0.4 is 5.73 Å². The molecule has 0 unspecified atom stereocenters. The molecule has 0 saturated carbocycles. The van der Waals surface area contributed by atoms with Crippen LogP contribution in [0.3, 0.4) is 0 Å². The molecule has 0 saturated heterocycles. The van der Waals surface area contributed by atoms with Crippen molar-refractivity contribution in [1.82, 2.24) is 0 Å². The van der Waals surface area contributed by atoms with Gasteiger partial charge in [0, 0.05) is 11.3 Å². The van der Waals surface area contributed by atoms with E-state index in [0.29, 0.717) is 22.8 Å². The van der Waals surface area contributed by atoms with Crippen molar-refractivity contribution >= 4 is 17.6 Å². The van der Waals surface area contributed by atoms with Gasteiger partial charge in [0.25, 0.3) is 0 Å². The molecular formula is C13H19FN2S. The average molecular weight is 254 g/mol. The Morgan fingerprint density at radius 1 is 1.47 bits per heavy atom. The minimum Gasteiger partial charge on any atom is -0.384 e. The van der Waals surface area contributed by atoms with Crippen LogP contribution in [-0.2, 0) is 5.75 Å². The molecule has 0 aliphatic rings. The molecule has 1 rings (SSSR count). The molecule has 0 aliphatic heterocycles. The fraction of sp³-hybridized carbons (Fsp3) is 0.462. The summed E-state index contributed by atoms with van der Waals surface area (Å²) in [4.78, 5) is 0. The molecule has 0 radical (unpaired) electrons. The lowest BCUT2D eigenvalue weighted by molar-refractivity contribution is 0.616. The van der Waals surface area contributed by atoms with E-state index in [9.17, 15) is 4.39 Å². The summed E-state index contributed by atoms with van der Waals surface area (Å²) in [6.45, 7) is 4.37. The first-order valence-corrected chi connectivity index (χ1v) is 6.86. The molecule has 0 heterocycles. The number of hydrogen-bond acceptors (Lipinski definition) is 2. The van der Waals surface area contributed by atoms with Crippen molar-refractivity contribution in [2.24, 2.45) is 11.7 Å². The van der Waals surface area contributed by atoms with Crippen LogP contribution in [0.15, 0.2) is 18.2 Å². The van der Waals surface area contributed by atoms with Crippen molar-refractivity contribution in [1.29, 1.82) is 5.41 Å². The SMILES string of the molecule is CC(C)CCSCc1ccc(C(=N)N)cc1F. The first-order valence-electron chi connectivity index (χ1n) is 5.71. The number of halogens is 1. The van der Waals surface area contributed by atoms with Crippen molar-refractivity contribution in [3.63, 3.8) is 0 Å². The molecule has 4 heteroatoms. The van der Waals surface area contributed by atoms with E-state index < -0.39 is 0 Å². The Hall–Kier alpha value is -1.03. The fourth-order valence-corrected chi connectivity index (χ4v) is 2.57. The van der Waals surface area contributed by atoms with Gasteiger partial charge in [-0.15, -0.1) is 0 Å². The number of amidine groups is 1. The average Bonchev–Trinajstić information content (AvgIpc) is 2.25. The van der Waals surface area contributed by atoms with Gasteiger partial charge in [-0.1, -0.05) is 26.0 Å². The van der Waals surface area contributed by atoms with Crippen LogP contribution in [0.25, 0.3) is 0 Å². The Labute approximate surface area is 106 Å². The summed E-state index contributed by atoms with van der Waals surface area (Å²) in [6.07, 6.45) is 1.15. The second kappa shape index (κ2) is 6.64. The Kier molecular flexibility index (Phi) is 5.48. The highest BCUT2D eigenvalue weighted by Gasteiger charge is 2.05. The van der Waals surface area contributed by atoms with Gasteiger partial charge in [0.1, 0.15) is 11.7 Å². The predicted octanol–water partition coefficient (Wildman–Crippen LogP) is 3.39. The summed E-state index contributed by atoms with van der Waals surface area (Å²) in [6, 6.07) is 4.75. The zero-order valence-electron chi connectivity index (χ0n) is 10.3. The predicted molar refractivity (Wildman–Crippen MR) is 73.0 cm³/mol. The Morgan fingerprint density at radius 2 is 2.18 bits per heavy atom. The monoisotopic (exact) mass is 254 g/mol. The number of nitrogen functional groups attached to an aromatic ring is 1. The highest BCUT2D eigenvalue weighted by Crippen LogP contribution is 2.18. The first-order chi connectivity index (χ1) is 8.00. The number of nitrogens with one attached hydrogen (secondary N) is 1. The van der Waals surface area contributed by atoms with Crippen molar-refractivity contribution in [2.75, 3.05) is 5.75 Å². The summed E-state index contributed by atoms with van der Waals surface area (Å²) in [5.74, 6) is 2.05. The van der Waals surface area contributed by atoms with Crippen molar-refractivity contribution in [2.45, 2.75) is 26.0 Å². The fourth-order valence-electron chi connectivity index (χ4n) is 1.33. The quantitative estimate of drug-likeness (QED) is 0.464. The van der Waals surface area contributed by atoms with Gasteiger partial charge in [0.2, 0.25) is 0 Å². The van der Waals surface area contributed by atoms with E-state index in [1.807, 2.05) is 0 Å². The molecule has 3 N–H and O–H groups in total. The minimum atomic E-state index is -0.269. The van der Waals surface area contributed by atoms with Crippen molar-refractivity contribution in [3.05, 3.63) is 35.1 Å². The highest BCUT2D eigenvalue weighted by atomic mass is 32.2. The van der Waals surface area contributed by atoms with E-state index in [1.165, 1.54) is 6.07 Å². The summed E-state index contributed by atoms with van der Waals surface area (Å²) in [5.41, 5.74) is 6.43. The number of thioether (sulfide) groups is 1. The lowest BCUT2D eigenvalue weighted by atomic mass is 10.1.